The first-order valence-electron chi connectivity index (χ1n) is 3.43. The monoisotopic (exact) mass is 188 g/mol. The minimum Gasteiger partial charge on any atom is -0.423 e. The van der Waals surface area contributed by atoms with Crippen LogP contribution in [0, 0.1) is 6.92 Å². The van der Waals surface area contributed by atoms with Crippen LogP contribution in [0.3, 0.4) is 0 Å². The number of hydrogen-bond donors (Lipinski definition) is 0. The van der Waals surface area contributed by atoms with E-state index in [-0.39, 0.29) is 5.75 Å². The van der Waals surface area contributed by atoms with E-state index in [1.54, 1.807) is 18.2 Å². The second-order valence-electron chi connectivity index (χ2n) is 2.62. The van der Waals surface area contributed by atoms with Crippen molar-refractivity contribution in [3.63, 3.8) is 0 Å². The van der Waals surface area contributed by atoms with E-state index in [2.05, 4.69) is 4.74 Å². The van der Waals surface area contributed by atoms with Gasteiger partial charge < -0.3 is 4.74 Å². The highest BCUT2D eigenvalue weighted by Gasteiger charge is 2.41. The molecular formula is C8H6F2OS. The molecule has 1 nitrogen and oxygen atoms in total. The van der Waals surface area contributed by atoms with E-state index >= 15 is 0 Å². The van der Waals surface area contributed by atoms with Crippen molar-refractivity contribution in [1.29, 1.82) is 0 Å². The lowest BCUT2D eigenvalue weighted by molar-refractivity contribution is -0.0822. The van der Waals surface area contributed by atoms with Crippen LogP contribution in [-0.4, -0.2) is 5.44 Å². The molecule has 1 aromatic carbocycles. The second kappa shape index (κ2) is 2.36. The topological polar surface area (TPSA) is 9.23 Å². The molecule has 2 rings (SSSR count). The van der Waals surface area contributed by atoms with E-state index in [4.69, 9.17) is 0 Å². The van der Waals surface area contributed by atoms with E-state index in [0.717, 1.165) is 5.56 Å². The van der Waals surface area contributed by atoms with Gasteiger partial charge in [0.05, 0.1) is 4.90 Å². The third-order valence-corrected chi connectivity index (χ3v) is 2.42. The largest absolute Gasteiger partial charge is 0.457 e. The van der Waals surface area contributed by atoms with Crippen molar-refractivity contribution in [2.24, 2.45) is 0 Å². The maximum absolute atomic E-state index is 12.6. The van der Waals surface area contributed by atoms with Crippen LogP contribution in [0.2, 0.25) is 0 Å². The molecule has 0 amide bonds. The molecule has 4 heteroatoms. The first-order chi connectivity index (χ1) is 5.57. The predicted octanol–water partition coefficient (Wildman–Crippen LogP) is 3.03. The van der Waals surface area contributed by atoms with E-state index in [0.29, 0.717) is 16.7 Å². The van der Waals surface area contributed by atoms with Crippen molar-refractivity contribution in [2.75, 3.05) is 0 Å². The summed E-state index contributed by atoms with van der Waals surface area (Å²) in [5, 5.41) is 0. The fourth-order valence-electron chi connectivity index (χ4n) is 1.06. The standard InChI is InChI=1S/C8H6F2OS/c1-5-2-3-6-7(4-5)12-8(9,10)11-6/h2-4H,1H3. The number of ether oxygens (including phenoxy) is 1. The van der Waals surface area contributed by atoms with E-state index < -0.39 is 5.44 Å². The Hall–Kier alpha value is -0.770. The van der Waals surface area contributed by atoms with Gasteiger partial charge in [0, 0.05) is 0 Å². The number of aryl methyl sites for hydroxylation is 1. The molecule has 1 aliphatic heterocycles. The van der Waals surface area contributed by atoms with Crippen LogP contribution < -0.4 is 4.74 Å². The number of halogens is 2. The molecule has 0 aromatic heterocycles. The van der Waals surface area contributed by atoms with Crippen LogP contribution in [0.15, 0.2) is 23.1 Å². The van der Waals surface area contributed by atoms with Crippen LogP contribution in [0.25, 0.3) is 0 Å². The van der Waals surface area contributed by atoms with Crippen molar-refractivity contribution in [3.05, 3.63) is 23.8 Å². The smallest absolute Gasteiger partial charge is 0.423 e. The Labute approximate surface area is 72.7 Å². The van der Waals surface area contributed by atoms with Crippen LogP contribution in [0.1, 0.15) is 5.56 Å². The Morgan fingerprint density at radius 1 is 1.42 bits per heavy atom. The van der Waals surface area contributed by atoms with Crippen LogP contribution in [-0.2, 0) is 0 Å². The maximum Gasteiger partial charge on any atom is 0.457 e. The molecule has 1 heterocycles. The molecule has 1 aromatic rings. The number of thioether (sulfide) groups is 1. The summed E-state index contributed by atoms with van der Waals surface area (Å²) in [6.07, 6.45) is 0. The average Bonchev–Trinajstić information content (AvgIpc) is 2.21. The lowest BCUT2D eigenvalue weighted by Crippen LogP contribution is -2.13. The van der Waals surface area contributed by atoms with Gasteiger partial charge in [-0.25, -0.2) is 0 Å². The zero-order valence-electron chi connectivity index (χ0n) is 6.30. The maximum atomic E-state index is 12.6. The summed E-state index contributed by atoms with van der Waals surface area (Å²) in [6, 6.07) is 5.01. The normalized spacial score (nSPS) is 18.6. The van der Waals surface area contributed by atoms with Gasteiger partial charge in [-0.1, -0.05) is 6.07 Å². The third-order valence-electron chi connectivity index (χ3n) is 1.56. The zero-order chi connectivity index (χ0) is 8.77. The Bertz CT molecular complexity index is 325. The highest BCUT2D eigenvalue weighted by atomic mass is 32.2. The Kier molecular flexibility index (Phi) is 1.54. The van der Waals surface area contributed by atoms with Gasteiger partial charge in [0.25, 0.3) is 0 Å². The fraction of sp³-hybridized carbons (Fsp3) is 0.250. The van der Waals surface area contributed by atoms with Crippen molar-refractivity contribution in [1.82, 2.24) is 0 Å². The summed E-state index contributed by atoms with van der Waals surface area (Å²) in [6.45, 7) is 1.86. The quantitative estimate of drug-likeness (QED) is 0.618. The molecule has 0 saturated heterocycles. The lowest BCUT2D eigenvalue weighted by atomic mass is 10.2. The number of rotatable bonds is 0. The van der Waals surface area contributed by atoms with Gasteiger partial charge in [-0.3, -0.25) is 0 Å². The number of benzene rings is 1. The van der Waals surface area contributed by atoms with Crippen LogP contribution in [0.5, 0.6) is 5.75 Å². The summed E-state index contributed by atoms with van der Waals surface area (Å²) in [5.74, 6) is 0.274. The molecule has 0 spiro atoms. The van der Waals surface area contributed by atoms with Crippen molar-refractivity contribution >= 4 is 11.8 Å². The Morgan fingerprint density at radius 2 is 2.17 bits per heavy atom. The van der Waals surface area contributed by atoms with Gasteiger partial charge in [-0.05, 0) is 36.4 Å². The average molecular weight is 188 g/mol. The highest BCUT2D eigenvalue weighted by molar-refractivity contribution is 8.00. The van der Waals surface area contributed by atoms with E-state index in [9.17, 15) is 8.78 Å². The molecular weight excluding hydrogens is 182 g/mol. The minimum absolute atomic E-state index is 0.274. The van der Waals surface area contributed by atoms with Gasteiger partial charge in [0.15, 0.2) is 0 Å². The Morgan fingerprint density at radius 3 is 2.92 bits per heavy atom. The Balaban J connectivity index is 2.43. The molecule has 0 unspecified atom stereocenters. The number of hydrogen-bond acceptors (Lipinski definition) is 2. The van der Waals surface area contributed by atoms with Gasteiger partial charge in [-0.15, -0.1) is 0 Å². The third kappa shape index (κ3) is 1.27. The molecule has 12 heavy (non-hydrogen) atoms. The van der Waals surface area contributed by atoms with Gasteiger partial charge in [0.1, 0.15) is 5.75 Å². The number of fused-ring (bicyclic) bond motifs is 1. The molecule has 0 bridgehead atoms. The second-order valence-corrected chi connectivity index (χ2v) is 3.74. The van der Waals surface area contributed by atoms with Gasteiger partial charge in [-0.2, -0.15) is 8.78 Å². The molecule has 0 radical (unpaired) electrons. The lowest BCUT2D eigenvalue weighted by Gasteiger charge is -2.04. The van der Waals surface area contributed by atoms with Gasteiger partial charge in [0.2, 0.25) is 0 Å². The predicted molar refractivity (Wildman–Crippen MR) is 42.6 cm³/mol. The molecule has 0 atom stereocenters. The van der Waals surface area contributed by atoms with Crippen molar-refractivity contribution < 1.29 is 13.5 Å². The first kappa shape index (κ1) is 7.86. The summed E-state index contributed by atoms with van der Waals surface area (Å²) >= 11 is 0.452. The van der Waals surface area contributed by atoms with Crippen LogP contribution >= 0.6 is 11.8 Å². The first-order valence-corrected chi connectivity index (χ1v) is 4.25. The van der Waals surface area contributed by atoms with E-state index in [1.807, 2.05) is 6.92 Å². The summed E-state index contributed by atoms with van der Waals surface area (Å²) in [7, 11) is 0. The van der Waals surface area contributed by atoms with Crippen molar-refractivity contribution in [3.8, 4) is 5.75 Å². The number of alkyl halides is 2. The van der Waals surface area contributed by atoms with Gasteiger partial charge >= 0.3 is 5.44 Å². The summed E-state index contributed by atoms with van der Waals surface area (Å²) in [4.78, 5) is 0.514. The highest BCUT2D eigenvalue weighted by Crippen LogP contribution is 2.49. The fourth-order valence-corrected chi connectivity index (χ4v) is 1.90. The molecule has 0 saturated carbocycles. The van der Waals surface area contributed by atoms with Crippen molar-refractivity contribution in [2.45, 2.75) is 17.3 Å². The summed E-state index contributed by atoms with van der Waals surface area (Å²) in [5.41, 5.74) is -2.13. The zero-order valence-corrected chi connectivity index (χ0v) is 7.12. The molecule has 1 aliphatic rings. The van der Waals surface area contributed by atoms with Crippen LogP contribution in [0.4, 0.5) is 8.78 Å². The SMILES string of the molecule is Cc1ccc2c(c1)SC(F)(F)O2. The molecule has 0 N–H and O–H groups in total. The van der Waals surface area contributed by atoms with E-state index in [1.165, 1.54) is 0 Å². The molecule has 64 valence electrons. The summed E-state index contributed by atoms with van der Waals surface area (Å²) < 4.78 is 29.6. The molecule has 0 aliphatic carbocycles. The minimum atomic E-state index is -3.09. The molecule has 0 fully saturated rings.